The van der Waals surface area contributed by atoms with Crippen LogP contribution in [-0.4, -0.2) is 32.8 Å². The van der Waals surface area contributed by atoms with Gasteiger partial charge in [0.25, 0.3) is 0 Å². The van der Waals surface area contributed by atoms with Crippen LogP contribution in [0.5, 0.6) is 0 Å². The van der Waals surface area contributed by atoms with E-state index in [1.807, 2.05) is 24.3 Å². The number of nitrogens with one attached hydrogen (secondary N) is 2. The summed E-state index contributed by atoms with van der Waals surface area (Å²) in [5.74, 6) is 1.59. The standard InChI is InChI=1S/C15H22ClN3O.HI/c1-17-15(18-7-8-20-11-12-5-6-12)19-10-13-3-2-4-14(16)9-13;/h2-4,9,12H,5-8,10-11H2,1H3,(H2,17,18,19);1H. The van der Waals surface area contributed by atoms with Gasteiger partial charge in [0.15, 0.2) is 5.96 Å². The molecule has 1 fully saturated rings. The Hall–Kier alpha value is -0.530. The fourth-order valence-corrected chi connectivity index (χ4v) is 2.04. The maximum absolute atomic E-state index is 5.95. The third-order valence-electron chi connectivity index (χ3n) is 3.16. The fourth-order valence-electron chi connectivity index (χ4n) is 1.83. The largest absolute Gasteiger partial charge is 0.379 e. The number of guanidine groups is 1. The van der Waals surface area contributed by atoms with Gasteiger partial charge in [-0.2, -0.15) is 0 Å². The van der Waals surface area contributed by atoms with Crippen molar-refractivity contribution in [1.29, 1.82) is 0 Å². The van der Waals surface area contributed by atoms with Gasteiger partial charge in [-0.1, -0.05) is 23.7 Å². The normalized spacial score (nSPS) is 14.5. The molecule has 2 N–H and O–H groups in total. The zero-order chi connectivity index (χ0) is 14.2. The molecule has 1 aliphatic rings. The second-order valence-corrected chi connectivity index (χ2v) is 5.44. The quantitative estimate of drug-likeness (QED) is 0.307. The van der Waals surface area contributed by atoms with Gasteiger partial charge in [0.05, 0.1) is 6.61 Å². The summed E-state index contributed by atoms with van der Waals surface area (Å²) in [4.78, 5) is 4.18. The molecule has 0 bridgehead atoms. The van der Waals surface area contributed by atoms with E-state index < -0.39 is 0 Å². The number of rotatable bonds is 7. The van der Waals surface area contributed by atoms with E-state index in [2.05, 4.69) is 15.6 Å². The predicted octanol–water partition coefficient (Wildman–Crippen LogP) is 3.05. The lowest BCUT2D eigenvalue weighted by molar-refractivity contribution is 0.129. The van der Waals surface area contributed by atoms with E-state index in [9.17, 15) is 0 Å². The summed E-state index contributed by atoms with van der Waals surface area (Å²) >= 11 is 5.95. The van der Waals surface area contributed by atoms with Gasteiger partial charge in [-0.15, -0.1) is 24.0 Å². The van der Waals surface area contributed by atoms with Crippen LogP contribution in [0.15, 0.2) is 29.3 Å². The maximum atomic E-state index is 5.95. The highest BCUT2D eigenvalue weighted by atomic mass is 127. The minimum Gasteiger partial charge on any atom is -0.379 e. The van der Waals surface area contributed by atoms with Gasteiger partial charge in [-0.3, -0.25) is 4.99 Å². The first-order chi connectivity index (χ1) is 9.78. The lowest BCUT2D eigenvalue weighted by Gasteiger charge is -2.12. The second-order valence-electron chi connectivity index (χ2n) is 5.00. The summed E-state index contributed by atoms with van der Waals surface area (Å²) in [6, 6.07) is 7.79. The molecule has 1 saturated carbocycles. The Morgan fingerprint density at radius 3 is 2.86 bits per heavy atom. The number of hydrogen-bond acceptors (Lipinski definition) is 2. The molecule has 0 aromatic heterocycles. The first kappa shape index (κ1) is 18.5. The van der Waals surface area contributed by atoms with Crippen molar-refractivity contribution in [2.24, 2.45) is 10.9 Å². The summed E-state index contributed by atoms with van der Waals surface area (Å²) in [6.45, 7) is 3.08. The lowest BCUT2D eigenvalue weighted by Crippen LogP contribution is -2.38. The molecule has 0 unspecified atom stereocenters. The second kappa shape index (κ2) is 10.2. The van der Waals surface area contributed by atoms with Crippen LogP contribution >= 0.6 is 35.6 Å². The number of halogens is 2. The van der Waals surface area contributed by atoms with Gasteiger partial charge in [-0.25, -0.2) is 0 Å². The van der Waals surface area contributed by atoms with Gasteiger partial charge in [-0.05, 0) is 36.5 Å². The number of nitrogens with zero attached hydrogens (tertiary/aromatic N) is 1. The minimum absolute atomic E-state index is 0. The van der Waals surface area contributed by atoms with Crippen LogP contribution in [0.2, 0.25) is 5.02 Å². The summed E-state index contributed by atoms with van der Waals surface area (Å²) in [5.41, 5.74) is 1.13. The van der Waals surface area contributed by atoms with Crippen molar-refractivity contribution in [3.8, 4) is 0 Å². The van der Waals surface area contributed by atoms with Crippen molar-refractivity contribution in [3.63, 3.8) is 0 Å². The molecule has 4 nitrogen and oxygen atoms in total. The molecular formula is C15H23ClIN3O. The lowest BCUT2D eigenvalue weighted by atomic mass is 10.2. The maximum Gasteiger partial charge on any atom is 0.191 e. The molecular weight excluding hydrogens is 401 g/mol. The summed E-state index contributed by atoms with van der Waals surface area (Å²) in [6.07, 6.45) is 2.66. The van der Waals surface area contributed by atoms with Crippen molar-refractivity contribution >= 4 is 41.5 Å². The van der Waals surface area contributed by atoms with Gasteiger partial charge in [0.2, 0.25) is 0 Å². The molecule has 1 aromatic rings. The van der Waals surface area contributed by atoms with Gasteiger partial charge in [0.1, 0.15) is 0 Å². The molecule has 0 atom stereocenters. The highest BCUT2D eigenvalue weighted by Crippen LogP contribution is 2.28. The third-order valence-corrected chi connectivity index (χ3v) is 3.40. The van der Waals surface area contributed by atoms with E-state index in [4.69, 9.17) is 16.3 Å². The van der Waals surface area contributed by atoms with Crippen LogP contribution in [0.4, 0.5) is 0 Å². The zero-order valence-corrected chi connectivity index (χ0v) is 15.4. The molecule has 0 amide bonds. The number of hydrogen-bond donors (Lipinski definition) is 2. The Kier molecular flexibility index (Phi) is 9.03. The first-order valence-corrected chi connectivity index (χ1v) is 7.42. The van der Waals surface area contributed by atoms with Crippen LogP contribution in [0.3, 0.4) is 0 Å². The predicted molar refractivity (Wildman–Crippen MR) is 98.6 cm³/mol. The molecule has 21 heavy (non-hydrogen) atoms. The Balaban J connectivity index is 0.00000220. The molecule has 0 spiro atoms. The minimum atomic E-state index is 0. The molecule has 0 radical (unpaired) electrons. The van der Waals surface area contributed by atoms with Crippen LogP contribution in [0.25, 0.3) is 0 Å². The summed E-state index contributed by atoms with van der Waals surface area (Å²) in [5, 5.41) is 7.23. The van der Waals surface area contributed by atoms with Crippen LogP contribution in [0.1, 0.15) is 18.4 Å². The van der Waals surface area contributed by atoms with E-state index in [0.717, 1.165) is 35.6 Å². The van der Waals surface area contributed by atoms with Gasteiger partial charge < -0.3 is 15.4 Å². The number of benzene rings is 1. The van der Waals surface area contributed by atoms with Crippen LogP contribution in [0, 0.1) is 5.92 Å². The van der Waals surface area contributed by atoms with E-state index in [1.165, 1.54) is 12.8 Å². The van der Waals surface area contributed by atoms with E-state index in [-0.39, 0.29) is 24.0 Å². The van der Waals surface area contributed by atoms with Crippen molar-refractivity contribution in [2.45, 2.75) is 19.4 Å². The molecule has 118 valence electrons. The first-order valence-electron chi connectivity index (χ1n) is 7.04. The molecule has 0 heterocycles. The third kappa shape index (κ3) is 7.87. The average Bonchev–Trinajstić information content (AvgIpc) is 3.26. The monoisotopic (exact) mass is 423 g/mol. The molecule has 2 rings (SSSR count). The average molecular weight is 424 g/mol. The number of ether oxygens (including phenoxy) is 1. The highest BCUT2D eigenvalue weighted by Gasteiger charge is 2.20. The van der Waals surface area contributed by atoms with Gasteiger partial charge in [0, 0.05) is 31.8 Å². The Morgan fingerprint density at radius 2 is 2.19 bits per heavy atom. The molecule has 0 saturated heterocycles. The van der Waals surface area contributed by atoms with E-state index >= 15 is 0 Å². The van der Waals surface area contributed by atoms with Crippen LogP contribution < -0.4 is 10.6 Å². The smallest absolute Gasteiger partial charge is 0.191 e. The summed E-state index contributed by atoms with van der Waals surface area (Å²) < 4.78 is 5.57. The Morgan fingerprint density at radius 1 is 1.38 bits per heavy atom. The molecule has 6 heteroatoms. The van der Waals surface area contributed by atoms with Crippen molar-refractivity contribution in [1.82, 2.24) is 10.6 Å². The van der Waals surface area contributed by atoms with E-state index in [1.54, 1.807) is 7.05 Å². The van der Waals surface area contributed by atoms with Gasteiger partial charge >= 0.3 is 0 Å². The number of aliphatic imine (C=N–C) groups is 1. The zero-order valence-electron chi connectivity index (χ0n) is 12.3. The molecule has 1 aromatic carbocycles. The topological polar surface area (TPSA) is 45.7 Å². The summed E-state index contributed by atoms with van der Waals surface area (Å²) in [7, 11) is 1.76. The molecule has 0 aliphatic heterocycles. The van der Waals surface area contributed by atoms with E-state index in [0.29, 0.717) is 13.2 Å². The highest BCUT2D eigenvalue weighted by molar-refractivity contribution is 14.0. The van der Waals surface area contributed by atoms with Crippen molar-refractivity contribution in [3.05, 3.63) is 34.9 Å². The van der Waals surface area contributed by atoms with Crippen molar-refractivity contribution in [2.75, 3.05) is 26.8 Å². The fraction of sp³-hybridized carbons (Fsp3) is 0.533. The SMILES string of the molecule is CN=C(NCCOCC1CC1)NCc1cccc(Cl)c1.I. The Bertz CT molecular complexity index is 452. The molecule has 1 aliphatic carbocycles. The van der Waals surface area contributed by atoms with Crippen LogP contribution in [-0.2, 0) is 11.3 Å². The van der Waals surface area contributed by atoms with Crippen molar-refractivity contribution < 1.29 is 4.74 Å². The Labute approximate surface area is 148 Å².